The summed E-state index contributed by atoms with van der Waals surface area (Å²) in [5.74, 6) is -0.132. The molecule has 3 aromatic carbocycles. The van der Waals surface area contributed by atoms with Gasteiger partial charge in [0.1, 0.15) is 6.61 Å². The van der Waals surface area contributed by atoms with Crippen molar-refractivity contribution in [1.82, 2.24) is 4.90 Å². The zero-order valence-electron chi connectivity index (χ0n) is 20.9. The first-order valence-electron chi connectivity index (χ1n) is 11.9. The molecular formula is C28H23BrCl2N2O5S. The number of rotatable bonds is 9. The van der Waals surface area contributed by atoms with E-state index < -0.39 is 5.97 Å². The van der Waals surface area contributed by atoms with Gasteiger partial charge in [-0.2, -0.15) is 0 Å². The van der Waals surface area contributed by atoms with E-state index in [1.54, 1.807) is 35.2 Å². The van der Waals surface area contributed by atoms with E-state index in [4.69, 9.17) is 37.8 Å². The molecule has 1 heterocycles. The number of likely N-dealkylation sites (N-methyl/N-ethyl adjacent to an activating group) is 1. The lowest BCUT2D eigenvalue weighted by atomic mass is 10.1. The Balaban J connectivity index is 1.59. The van der Waals surface area contributed by atoms with Crippen molar-refractivity contribution in [3.8, 4) is 11.5 Å². The van der Waals surface area contributed by atoms with E-state index in [0.29, 0.717) is 54.9 Å². The Hall–Kier alpha value is -2.98. The van der Waals surface area contributed by atoms with Crippen LogP contribution in [0.15, 0.2) is 69.0 Å². The Kier molecular flexibility index (Phi) is 9.61. The molecule has 0 spiro atoms. The minimum absolute atomic E-state index is 0.169. The lowest BCUT2D eigenvalue weighted by Crippen LogP contribution is -2.28. The van der Waals surface area contributed by atoms with Crippen molar-refractivity contribution in [2.75, 3.05) is 13.2 Å². The molecule has 1 aliphatic rings. The smallest absolute Gasteiger partial charge is 0.335 e. The topological polar surface area (TPSA) is 88.4 Å². The van der Waals surface area contributed by atoms with Gasteiger partial charge in [0, 0.05) is 6.54 Å². The number of carbonyl (C=O) groups excluding carboxylic acids is 1. The molecule has 0 aromatic heterocycles. The van der Waals surface area contributed by atoms with E-state index in [9.17, 15) is 9.59 Å². The quantitative estimate of drug-likeness (QED) is 0.236. The predicted octanol–water partition coefficient (Wildman–Crippen LogP) is 8.06. The van der Waals surface area contributed by atoms with Gasteiger partial charge in [0.05, 0.1) is 37.3 Å². The second-order valence-electron chi connectivity index (χ2n) is 8.21. The van der Waals surface area contributed by atoms with Gasteiger partial charge >= 0.3 is 5.97 Å². The number of benzene rings is 3. The number of hydrogen-bond acceptors (Lipinski definition) is 6. The molecule has 3 aromatic rings. The molecule has 1 aliphatic heterocycles. The van der Waals surface area contributed by atoms with Gasteiger partial charge in [0.15, 0.2) is 16.7 Å². The second kappa shape index (κ2) is 12.9. The van der Waals surface area contributed by atoms with E-state index in [0.717, 1.165) is 11.1 Å². The number of hydrogen-bond donors (Lipinski definition) is 1. The molecule has 1 fully saturated rings. The fraction of sp³-hybridized carbons (Fsp3) is 0.179. The predicted molar refractivity (Wildman–Crippen MR) is 160 cm³/mol. The molecule has 0 atom stereocenters. The van der Waals surface area contributed by atoms with Gasteiger partial charge in [-0.25, -0.2) is 9.79 Å². The lowest BCUT2D eigenvalue weighted by molar-refractivity contribution is -0.122. The third kappa shape index (κ3) is 6.97. The summed E-state index contributed by atoms with van der Waals surface area (Å²) in [4.78, 5) is 30.9. The number of carboxylic acids is 1. The largest absolute Gasteiger partial charge is 0.490 e. The average molecular weight is 650 g/mol. The first kappa shape index (κ1) is 29.0. The molecule has 0 saturated carbocycles. The SMILES string of the molecule is CCOc1cc(/C=C2\SC(=Nc3ccc(C(=O)O)cc3)N(CC)C2=O)cc(Br)c1OCc1ccc(Cl)c(Cl)c1. The molecule has 0 aliphatic carbocycles. The van der Waals surface area contributed by atoms with Gasteiger partial charge in [-0.15, -0.1) is 0 Å². The summed E-state index contributed by atoms with van der Waals surface area (Å²) in [5.41, 5.74) is 2.31. The summed E-state index contributed by atoms with van der Waals surface area (Å²) in [7, 11) is 0. The Labute approximate surface area is 248 Å². The van der Waals surface area contributed by atoms with Gasteiger partial charge in [0.2, 0.25) is 0 Å². The number of amidine groups is 1. The molecule has 0 unspecified atom stereocenters. The summed E-state index contributed by atoms with van der Waals surface area (Å²) in [6, 6.07) is 15.1. The van der Waals surface area contributed by atoms with Crippen molar-refractivity contribution in [3.63, 3.8) is 0 Å². The maximum atomic E-state index is 13.1. The van der Waals surface area contributed by atoms with Crippen molar-refractivity contribution < 1.29 is 24.2 Å². The van der Waals surface area contributed by atoms with Crippen molar-refractivity contribution in [2.45, 2.75) is 20.5 Å². The highest BCUT2D eigenvalue weighted by Crippen LogP contribution is 2.40. The molecule has 1 N–H and O–H groups in total. The standard InChI is InChI=1S/C28H23BrCl2N2O5S/c1-3-33-26(34)24(39-28(33)32-19-8-6-18(7-9-19)27(35)36)14-17-11-20(29)25(23(13-17)37-4-2)38-15-16-5-10-21(30)22(31)12-16/h5-14H,3-4,15H2,1-2H3,(H,35,36)/b24-14-,32-28?. The maximum absolute atomic E-state index is 13.1. The molecule has 0 bridgehead atoms. The highest BCUT2D eigenvalue weighted by molar-refractivity contribution is 9.10. The van der Waals surface area contributed by atoms with Gasteiger partial charge in [0.25, 0.3) is 5.91 Å². The number of ether oxygens (including phenoxy) is 2. The Bertz CT molecular complexity index is 1480. The number of amides is 1. The molecule has 11 heteroatoms. The van der Waals surface area contributed by atoms with Crippen LogP contribution >= 0.6 is 50.9 Å². The third-order valence-electron chi connectivity index (χ3n) is 5.54. The van der Waals surface area contributed by atoms with Crippen LogP contribution in [0.5, 0.6) is 11.5 Å². The van der Waals surface area contributed by atoms with Crippen LogP contribution in [-0.4, -0.2) is 40.2 Å². The Morgan fingerprint density at radius 1 is 1.08 bits per heavy atom. The average Bonchev–Trinajstić information content (AvgIpc) is 3.19. The number of aromatic carboxylic acids is 1. The van der Waals surface area contributed by atoms with Gasteiger partial charge < -0.3 is 14.6 Å². The minimum atomic E-state index is -1.01. The summed E-state index contributed by atoms with van der Waals surface area (Å²) < 4.78 is 12.6. The van der Waals surface area contributed by atoms with Crippen LogP contribution in [0.25, 0.3) is 6.08 Å². The number of halogens is 3. The van der Waals surface area contributed by atoms with E-state index in [1.165, 1.54) is 23.9 Å². The van der Waals surface area contributed by atoms with Gasteiger partial charge in [-0.3, -0.25) is 9.69 Å². The summed E-state index contributed by atoms with van der Waals surface area (Å²) in [5, 5.41) is 10.5. The maximum Gasteiger partial charge on any atom is 0.335 e. The van der Waals surface area contributed by atoms with Crippen LogP contribution in [0.3, 0.4) is 0 Å². The highest BCUT2D eigenvalue weighted by Gasteiger charge is 2.32. The van der Waals surface area contributed by atoms with Crippen molar-refractivity contribution in [3.05, 3.63) is 90.7 Å². The Morgan fingerprint density at radius 2 is 1.82 bits per heavy atom. The van der Waals surface area contributed by atoms with E-state index in [1.807, 2.05) is 32.0 Å². The van der Waals surface area contributed by atoms with Gasteiger partial charge in [-0.05, 0) is 107 Å². The van der Waals surface area contributed by atoms with Crippen LogP contribution in [0.2, 0.25) is 10.0 Å². The van der Waals surface area contributed by atoms with Crippen molar-refractivity contribution in [1.29, 1.82) is 0 Å². The number of thioether (sulfide) groups is 1. The number of carbonyl (C=O) groups is 2. The van der Waals surface area contributed by atoms with E-state index in [-0.39, 0.29) is 18.1 Å². The number of aliphatic imine (C=N–C) groups is 1. The fourth-order valence-electron chi connectivity index (χ4n) is 3.67. The first-order valence-corrected chi connectivity index (χ1v) is 14.2. The van der Waals surface area contributed by atoms with E-state index in [2.05, 4.69) is 20.9 Å². The normalized spacial score (nSPS) is 15.3. The summed E-state index contributed by atoms with van der Waals surface area (Å²) in [6.07, 6.45) is 1.78. The number of carboxylic acid groups (broad SMARTS) is 1. The monoisotopic (exact) mass is 648 g/mol. The molecule has 7 nitrogen and oxygen atoms in total. The zero-order chi connectivity index (χ0) is 28.1. The molecule has 39 heavy (non-hydrogen) atoms. The number of nitrogens with zero attached hydrogens (tertiary/aromatic N) is 2. The minimum Gasteiger partial charge on any atom is -0.490 e. The van der Waals surface area contributed by atoms with Crippen LogP contribution in [0.1, 0.15) is 35.3 Å². The van der Waals surface area contributed by atoms with Crippen LogP contribution < -0.4 is 9.47 Å². The Morgan fingerprint density at radius 3 is 2.46 bits per heavy atom. The third-order valence-corrected chi connectivity index (χ3v) is 7.87. The molecule has 4 rings (SSSR count). The molecule has 0 radical (unpaired) electrons. The lowest BCUT2D eigenvalue weighted by Gasteiger charge is -2.15. The summed E-state index contributed by atoms with van der Waals surface area (Å²) >= 11 is 17.0. The fourth-order valence-corrected chi connectivity index (χ4v) is 5.63. The van der Waals surface area contributed by atoms with Crippen molar-refractivity contribution >= 4 is 79.7 Å². The van der Waals surface area contributed by atoms with Crippen LogP contribution in [0, 0.1) is 0 Å². The summed E-state index contributed by atoms with van der Waals surface area (Å²) in [6.45, 7) is 4.86. The first-order chi connectivity index (χ1) is 18.7. The van der Waals surface area contributed by atoms with Gasteiger partial charge in [-0.1, -0.05) is 29.3 Å². The van der Waals surface area contributed by atoms with Crippen LogP contribution in [-0.2, 0) is 11.4 Å². The van der Waals surface area contributed by atoms with Crippen molar-refractivity contribution in [2.24, 2.45) is 4.99 Å². The zero-order valence-corrected chi connectivity index (χ0v) is 24.8. The molecule has 1 amide bonds. The van der Waals surface area contributed by atoms with Crippen LogP contribution in [0.4, 0.5) is 5.69 Å². The molecule has 1 saturated heterocycles. The second-order valence-corrected chi connectivity index (χ2v) is 10.9. The molecule has 202 valence electrons. The highest BCUT2D eigenvalue weighted by atomic mass is 79.9. The molecular weight excluding hydrogens is 627 g/mol. The van der Waals surface area contributed by atoms with E-state index >= 15 is 0 Å².